The molecule has 0 aliphatic carbocycles. The molecule has 0 bridgehead atoms. The van der Waals surface area contributed by atoms with Gasteiger partial charge in [0.25, 0.3) is 5.65 Å². The van der Waals surface area contributed by atoms with Gasteiger partial charge in [0.2, 0.25) is 5.82 Å². The number of hydrogen-bond donors (Lipinski definition) is 0. The Hall–Kier alpha value is -2.69. The van der Waals surface area contributed by atoms with Crippen LogP contribution in [0.1, 0.15) is 9.81 Å². The van der Waals surface area contributed by atoms with E-state index in [9.17, 15) is 0 Å². The van der Waals surface area contributed by atoms with Gasteiger partial charge in [-0.1, -0.05) is 0 Å². The lowest BCUT2D eigenvalue weighted by Crippen LogP contribution is -2.31. The first-order valence-corrected chi connectivity index (χ1v) is 6.80. The highest BCUT2D eigenvalue weighted by Crippen LogP contribution is 2.35. The van der Waals surface area contributed by atoms with Gasteiger partial charge in [0.05, 0.1) is 34.8 Å². The van der Waals surface area contributed by atoms with Crippen LogP contribution in [0.15, 0.2) is 36.8 Å². The van der Waals surface area contributed by atoms with Crippen molar-refractivity contribution >= 4 is 22.1 Å². The van der Waals surface area contributed by atoms with Crippen LogP contribution in [-0.2, 0) is 20.6 Å². The van der Waals surface area contributed by atoms with Gasteiger partial charge in [-0.3, -0.25) is 14.5 Å². The number of hydrogen-bond acceptors (Lipinski definition) is 2. The van der Waals surface area contributed by atoms with Gasteiger partial charge in [0, 0.05) is 18.6 Å². The zero-order valence-corrected chi connectivity index (χ0v) is 11.4. The van der Waals surface area contributed by atoms with Crippen molar-refractivity contribution < 1.29 is 8.68 Å². The molecule has 5 heteroatoms. The van der Waals surface area contributed by atoms with Crippen LogP contribution in [0.2, 0.25) is 0 Å². The summed E-state index contributed by atoms with van der Waals surface area (Å²) in [5, 5.41) is 0.951. The van der Waals surface area contributed by atoms with Crippen LogP contribution in [0.5, 0.6) is 0 Å². The van der Waals surface area contributed by atoms with Crippen molar-refractivity contribution in [3.8, 4) is 11.4 Å². The van der Waals surface area contributed by atoms with E-state index < -0.39 is 6.98 Å². The molecule has 0 saturated carbocycles. The predicted molar refractivity (Wildman–Crippen MR) is 79.7 cm³/mol. The van der Waals surface area contributed by atoms with Gasteiger partial charge < -0.3 is 0 Å². The topological polar surface area (TPSA) is 39.5 Å². The highest BCUT2D eigenvalue weighted by atomic mass is 15.2. The van der Waals surface area contributed by atoms with E-state index in [1.165, 1.54) is 4.57 Å². The maximum Gasteiger partial charge on any atom is 0.269 e. The van der Waals surface area contributed by atoms with Crippen molar-refractivity contribution in [2.75, 3.05) is 0 Å². The number of nitrogens with zero attached hydrogens (tertiary/aromatic N) is 5. The number of pyridine rings is 2. The lowest BCUT2D eigenvalue weighted by molar-refractivity contribution is -0.636. The van der Waals surface area contributed by atoms with E-state index in [0.717, 1.165) is 27.7 Å². The van der Waals surface area contributed by atoms with E-state index in [1.54, 1.807) is 18.6 Å². The maximum absolute atomic E-state index is 8.09. The molecule has 4 aromatic heterocycles. The fraction of sp³-hybridized carbons (Fsp3) is 0.188. The molecular formula is C16H14N5+. The van der Waals surface area contributed by atoms with Crippen molar-refractivity contribution in [2.45, 2.75) is 6.54 Å². The quantitative estimate of drug-likeness (QED) is 0.405. The monoisotopic (exact) mass is 279 g/mol. The van der Waals surface area contributed by atoms with Crippen LogP contribution in [0.25, 0.3) is 33.5 Å². The summed E-state index contributed by atoms with van der Waals surface area (Å²) in [5.74, 6) is 0.685. The van der Waals surface area contributed by atoms with Gasteiger partial charge in [-0.05, 0) is 18.2 Å². The molecule has 5 rings (SSSR count). The summed E-state index contributed by atoms with van der Waals surface area (Å²) in [7, 11) is 1.90. The number of fused-ring (bicyclic) bond motifs is 7. The van der Waals surface area contributed by atoms with Crippen LogP contribution in [0.3, 0.4) is 0 Å². The molecule has 1 aliphatic rings. The van der Waals surface area contributed by atoms with Crippen molar-refractivity contribution in [2.24, 2.45) is 14.0 Å². The average Bonchev–Trinajstić information content (AvgIpc) is 3.15. The second-order valence-electron chi connectivity index (χ2n) is 5.37. The van der Waals surface area contributed by atoms with E-state index in [4.69, 9.17) is 4.11 Å². The van der Waals surface area contributed by atoms with E-state index in [0.29, 0.717) is 18.0 Å². The van der Waals surface area contributed by atoms with Gasteiger partial charge in [0.15, 0.2) is 5.52 Å². The second kappa shape index (κ2) is 3.49. The minimum Gasteiger partial charge on any atom is -0.264 e. The van der Waals surface area contributed by atoms with Gasteiger partial charge in [-0.2, -0.15) is 0 Å². The molecule has 4 aromatic rings. The Bertz CT molecular complexity index is 1140. The summed E-state index contributed by atoms with van der Waals surface area (Å²) in [6, 6.07) is 5.69. The number of imidazole rings is 1. The van der Waals surface area contributed by atoms with Gasteiger partial charge in [-0.15, -0.1) is 0 Å². The summed E-state index contributed by atoms with van der Waals surface area (Å²) in [6.07, 6.45) is 5.26. The molecule has 0 aromatic carbocycles. The highest BCUT2D eigenvalue weighted by molar-refractivity contribution is 6.04. The Morgan fingerprint density at radius 3 is 3.19 bits per heavy atom. The molecule has 0 saturated heterocycles. The van der Waals surface area contributed by atoms with Gasteiger partial charge in [-0.25, -0.2) is 9.13 Å². The highest BCUT2D eigenvalue weighted by Gasteiger charge is 2.34. The first kappa shape index (κ1) is 8.56. The Morgan fingerprint density at radius 1 is 1.33 bits per heavy atom. The molecule has 0 radical (unpaired) electrons. The summed E-state index contributed by atoms with van der Waals surface area (Å²) in [6.45, 7) is -1.72. The molecule has 102 valence electrons. The van der Waals surface area contributed by atoms with Crippen LogP contribution >= 0.6 is 0 Å². The fourth-order valence-corrected chi connectivity index (χ4v) is 3.44. The Morgan fingerprint density at radius 2 is 2.29 bits per heavy atom. The lowest BCUT2D eigenvalue weighted by atomic mass is 10.2. The van der Waals surface area contributed by atoms with Crippen molar-refractivity contribution in [1.29, 1.82) is 0 Å². The molecule has 1 aliphatic heterocycles. The van der Waals surface area contributed by atoms with Crippen molar-refractivity contribution in [1.82, 2.24) is 19.1 Å². The zero-order valence-electron chi connectivity index (χ0n) is 14.4. The van der Waals surface area contributed by atoms with Crippen LogP contribution < -0.4 is 4.57 Å². The summed E-state index contributed by atoms with van der Waals surface area (Å²) in [4.78, 5) is 8.65. The van der Waals surface area contributed by atoms with E-state index >= 15 is 0 Å². The summed E-state index contributed by atoms with van der Waals surface area (Å²) >= 11 is 0. The fourth-order valence-electron chi connectivity index (χ4n) is 3.44. The SMILES string of the molecule is [2H]C([2H])([2H])[n+]1c2n(c3c4cnccc4n(C)c31)Cc1ncccc1-2. The minimum atomic E-state index is -2.29. The smallest absolute Gasteiger partial charge is 0.264 e. The molecule has 0 spiro atoms. The third-order valence-electron chi connectivity index (χ3n) is 4.33. The first-order valence-electron chi connectivity index (χ1n) is 8.30. The van der Waals surface area contributed by atoms with Gasteiger partial charge in [0.1, 0.15) is 12.1 Å². The molecule has 5 nitrogen and oxygen atoms in total. The van der Waals surface area contributed by atoms with Crippen LogP contribution in [0.4, 0.5) is 0 Å². The Labute approximate surface area is 125 Å². The van der Waals surface area contributed by atoms with Crippen LogP contribution in [0, 0.1) is 0 Å². The molecule has 0 amide bonds. The summed E-state index contributed by atoms with van der Waals surface area (Å²) in [5.41, 5.74) is 4.31. The number of aromatic nitrogens is 5. The average molecular weight is 279 g/mol. The molecule has 0 unspecified atom stereocenters. The van der Waals surface area contributed by atoms with E-state index in [2.05, 4.69) is 9.97 Å². The van der Waals surface area contributed by atoms with Crippen molar-refractivity contribution in [3.05, 3.63) is 42.5 Å². The lowest BCUT2D eigenvalue weighted by Gasteiger charge is -1.98. The third-order valence-corrected chi connectivity index (χ3v) is 4.33. The predicted octanol–water partition coefficient (Wildman–Crippen LogP) is 1.78. The Balaban J connectivity index is 2.05. The number of rotatable bonds is 0. The van der Waals surface area contributed by atoms with E-state index in [1.807, 2.05) is 34.4 Å². The summed E-state index contributed by atoms with van der Waals surface area (Å²) < 4.78 is 29.7. The molecule has 0 N–H and O–H groups in total. The maximum atomic E-state index is 8.09. The second-order valence-corrected chi connectivity index (χ2v) is 5.37. The zero-order chi connectivity index (χ0) is 16.6. The third kappa shape index (κ3) is 1.15. The molecule has 0 atom stereocenters. The molecular weight excluding hydrogens is 262 g/mol. The molecule has 0 fully saturated rings. The normalized spacial score (nSPS) is 15.8. The van der Waals surface area contributed by atoms with Crippen molar-refractivity contribution in [3.63, 3.8) is 0 Å². The minimum absolute atomic E-state index is 0.569. The van der Waals surface area contributed by atoms with E-state index in [-0.39, 0.29) is 0 Å². The largest absolute Gasteiger partial charge is 0.269 e. The standard InChI is InChI=1S/C16H14N5/c1-19-13-5-7-17-8-11(13)14-16(19)20(2)15-10-4-3-6-18-12(10)9-21(14)15/h3-8H,9H2,1-2H3/q+1/i2D3. The van der Waals surface area contributed by atoms with Gasteiger partial charge >= 0.3 is 0 Å². The van der Waals surface area contributed by atoms with Crippen LogP contribution in [-0.4, -0.2) is 19.1 Å². The molecule has 5 heterocycles. The number of aryl methyl sites for hydroxylation is 2. The Kier molecular flexibility index (Phi) is 1.42. The first-order chi connectivity index (χ1) is 11.5. The molecule has 21 heavy (non-hydrogen) atoms.